The smallest absolute Gasteiger partial charge is 0.308 e. The summed E-state index contributed by atoms with van der Waals surface area (Å²) in [6, 6.07) is 6.11. The Morgan fingerprint density at radius 2 is 1.91 bits per heavy atom. The number of carbonyl (C=O) groups excluding carboxylic acids is 3. The van der Waals surface area contributed by atoms with Gasteiger partial charge in [0, 0.05) is 13.1 Å². The van der Waals surface area contributed by atoms with Crippen LogP contribution in [0.5, 0.6) is 5.75 Å². The summed E-state index contributed by atoms with van der Waals surface area (Å²) in [6.07, 6.45) is 4.52. The van der Waals surface area contributed by atoms with Crippen molar-refractivity contribution in [2.24, 2.45) is 0 Å². The SMILES string of the molecule is CCCCCOC(=O)CC1C(=O)NCCN1C(=S)NC(=O)c1ccccc1OCCCC. The third-order valence-electron chi connectivity index (χ3n) is 5.07. The molecule has 0 aromatic heterocycles. The van der Waals surface area contributed by atoms with E-state index in [-0.39, 0.29) is 17.4 Å². The van der Waals surface area contributed by atoms with E-state index in [1.165, 1.54) is 0 Å². The molecule has 1 atom stereocenters. The van der Waals surface area contributed by atoms with Gasteiger partial charge in [-0.25, -0.2) is 0 Å². The Labute approximate surface area is 195 Å². The van der Waals surface area contributed by atoms with Crippen LogP contribution in [0.1, 0.15) is 62.7 Å². The van der Waals surface area contributed by atoms with Crippen LogP contribution in [0, 0.1) is 0 Å². The molecule has 0 bridgehead atoms. The quantitative estimate of drug-likeness (QED) is 0.296. The lowest BCUT2D eigenvalue weighted by molar-refractivity contribution is -0.147. The van der Waals surface area contributed by atoms with E-state index in [1.54, 1.807) is 29.2 Å². The van der Waals surface area contributed by atoms with Crippen LogP contribution < -0.4 is 15.4 Å². The van der Waals surface area contributed by atoms with Crippen molar-refractivity contribution >= 4 is 35.1 Å². The maximum atomic E-state index is 12.9. The van der Waals surface area contributed by atoms with Crippen molar-refractivity contribution < 1.29 is 23.9 Å². The van der Waals surface area contributed by atoms with Crippen LogP contribution in [0.3, 0.4) is 0 Å². The molecule has 1 saturated heterocycles. The summed E-state index contributed by atoms with van der Waals surface area (Å²) in [5, 5.41) is 5.52. The van der Waals surface area contributed by atoms with E-state index < -0.39 is 17.9 Å². The summed E-state index contributed by atoms with van der Waals surface area (Å²) >= 11 is 5.43. The molecule has 1 unspecified atom stereocenters. The Bertz CT molecular complexity index is 802. The van der Waals surface area contributed by atoms with E-state index in [1.807, 2.05) is 0 Å². The molecule has 1 aliphatic rings. The summed E-state index contributed by atoms with van der Waals surface area (Å²) in [4.78, 5) is 39.1. The predicted octanol–water partition coefficient (Wildman–Crippen LogP) is 2.80. The minimum absolute atomic E-state index is 0.0944. The van der Waals surface area contributed by atoms with Crippen molar-refractivity contribution in [3.8, 4) is 5.75 Å². The van der Waals surface area contributed by atoms with Crippen molar-refractivity contribution in [2.45, 2.75) is 58.4 Å². The lowest BCUT2D eigenvalue weighted by atomic mass is 10.1. The molecule has 0 saturated carbocycles. The third-order valence-corrected chi connectivity index (χ3v) is 5.41. The number of unbranched alkanes of at least 4 members (excludes halogenated alkanes) is 3. The summed E-state index contributed by atoms with van der Waals surface area (Å²) in [5.74, 6) is -0.725. The first-order chi connectivity index (χ1) is 15.5. The Hall–Kier alpha value is -2.68. The molecule has 0 aliphatic carbocycles. The minimum atomic E-state index is -0.828. The molecule has 2 amide bonds. The second-order valence-corrected chi connectivity index (χ2v) is 7.98. The van der Waals surface area contributed by atoms with E-state index in [0.29, 0.717) is 37.6 Å². The molecule has 176 valence electrons. The standard InChI is InChI=1S/C23H33N3O5S/c1-3-5-9-15-31-20(27)16-18-22(29)24-12-13-26(18)23(32)25-21(28)17-10-7-8-11-19(17)30-14-6-4-2/h7-8,10-11,18H,3-6,9,12-16H2,1-2H3,(H,24,29)(H,25,28,32). The van der Waals surface area contributed by atoms with Crippen LogP contribution in [-0.4, -0.2) is 60.1 Å². The number of rotatable bonds is 11. The highest BCUT2D eigenvalue weighted by Crippen LogP contribution is 2.19. The van der Waals surface area contributed by atoms with Gasteiger partial charge in [0.15, 0.2) is 5.11 Å². The van der Waals surface area contributed by atoms with Crippen molar-refractivity contribution in [1.29, 1.82) is 0 Å². The number of thiocarbonyl (C=S) groups is 1. The second-order valence-electron chi connectivity index (χ2n) is 7.59. The van der Waals surface area contributed by atoms with Gasteiger partial charge < -0.3 is 19.7 Å². The number of hydrogen-bond donors (Lipinski definition) is 2. The van der Waals surface area contributed by atoms with E-state index in [9.17, 15) is 14.4 Å². The average molecular weight is 464 g/mol. The molecule has 2 rings (SSSR count). The fourth-order valence-electron chi connectivity index (χ4n) is 3.26. The van der Waals surface area contributed by atoms with Crippen molar-refractivity contribution in [3.05, 3.63) is 29.8 Å². The zero-order chi connectivity index (χ0) is 23.3. The van der Waals surface area contributed by atoms with Crippen LogP contribution in [-0.2, 0) is 14.3 Å². The Balaban J connectivity index is 2.01. The first-order valence-electron chi connectivity index (χ1n) is 11.2. The average Bonchev–Trinajstić information content (AvgIpc) is 2.78. The molecule has 1 aromatic carbocycles. The van der Waals surface area contributed by atoms with Gasteiger partial charge in [0.2, 0.25) is 5.91 Å². The number of nitrogens with zero attached hydrogens (tertiary/aromatic N) is 1. The van der Waals surface area contributed by atoms with E-state index >= 15 is 0 Å². The molecule has 9 heteroatoms. The van der Waals surface area contributed by atoms with E-state index in [0.717, 1.165) is 32.1 Å². The lowest BCUT2D eigenvalue weighted by Gasteiger charge is -2.36. The molecule has 2 N–H and O–H groups in total. The maximum Gasteiger partial charge on any atom is 0.308 e. The Morgan fingerprint density at radius 1 is 1.16 bits per heavy atom. The first-order valence-corrected chi connectivity index (χ1v) is 11.7. The van der Waals surface area contributed by atoms with Gasteiger partial charge in [-0.15, -0.1) is 0 Å². The monoisotopic (exact) mass is 463 g/mol. The number of ether oxygens (including phenoxy) is 2. The fourth-order valence-corrected chi connectivity index (χ4v) is 3.57. The van der Waals surface area contributed by atoms with E-state index in [4.69, 9.17) is 21.7 Å². The number of para-hydroxylation sites is 1. The topological polar surface area (TPSA) is 97.0 Å². The van der Waals surface area contributed by atoms with Crippen molar-refractivity contribution in [2.75, 3.05) is 26.3 Å². The maximum absolute atomic E-state index is 12.9. The second kappa shape index (κ2) is 13.7. The number of piperazine rings is 1. The van der Waals surface area contributed by atoms with Gasteiger partial charge in [-0.2, -0.15) is 0 Å². The predicted molar refractivity (Wildman–Crippen MR) is 126 cm³/mol. The molecule has 1 aliphatic heterocycles. The minimum Gasteiger partial charge on any atom is -0.493 e. The normalized spacial score (nSPS) is 15.6. The Kier molecular flexibility index (Phi) is 10.9. The van der Waals surface area contributed by atoms with Crippen molar-refractivity contribution in [3.63, 3.8) is 0 Å². The van der Waals surface area contributed by atoms with Gasteiger partial charge >= 0.3 is 5.97 Å². The summed E-state index contributed by atoms with van der Waals surface area (Å²) in [6.45, 7) is 5.72. The van der Waals surface area contributed by atoms with E-state index in [2.05, 4.69) is 24.5 Å². The zero-order valence-electron chi connectivity index (χ0n) is 18.9. The highest BCUT2D eigenvalue weighted by molar-refractivity contribution is 7.80. The van der Waals surface area contributed by atoms with Gasteiger partial charge in [0.1, 0.15) is 11.8 Å². The molecular weight excluding hydrogens is 430 g/mol. The highest BCUT2D eigenvalue weighted by Gasteiger charge is 2.34. The number of hydrogen-bond acceptors (Lipinski definition) is 6. The van der Waals surface area contributed by atoms with Crippen LogP contribution in [0.25, 0.3) is 0 Å². The van der Waals surface area contributed by atoms with Crippen LogP contribution in [0.4, 0.5) is 0 Å². The van der Waals surface area contributed by atoms with Gasteiger partial charge in [0.25, 0.3) is 5.91 Å². The molecule has 8 nitrogen and oxygen atoms in total. The lowest BCUT2D eigenvalue weighted by Crippen LogP contribution is -2.60. The largest absolute Gasteiger partial charge is 0.493 e. The van der Waals surface area contributed by atoms with Crippen LogP contribution in [0.2, 0.25) is 0 Å². The number of esters is 1. The Morgan fingerprint density at radius 3 is 2.66 bits per heavy atom. The molecule has 1 aromatic rings. The van der Waals surface area contributed by atoms with Gasteiger partial charge in [-0.1, -0.05) is 45.2 Å². The first kappa shape index (κ1) is 25.6. The van der Waals surface area contributed by atoms with Gasteiger partial charge in [-0.3, -0.25) is 19.7 Å². The summed E-state index contributed by atoms with van der Waals surface area (Å²) in [5.41, 5.74) is 0.360. The number of carbonyl (C=O) groups is 3. The zero-order valence-corrected chi connectivity index (χ0v) is 19.7. The third kappa shape index (κ3) is 7.78. The van der Waals surface area contributed by atoms with Crippen LogP contribution >= 0.6 is 12.2 Å². The molecule has 32 heavy (non-hydrogen) atoms. The number of amides is 2. The fraction of sp³-hybridized carbons (Fsp3) is 0.565. The molecular formula is C23H33N3O5S. The molecule has 0 radical (unpaired) electrons. The molecule has 1 fully saturated rings. The number of benzene rings is 1. The van der Waals surface area contributed by atoms with Crippen LogP contribution in [0.15, 0.2) is 24.3 Å². The molecule has 0 spiro atoms. The summed E-state index contributed by atoms with van der Waals surface area (Å²) < 4.78 is 11.0. The number of nitrogens with one attached hydrogen (secondary N) is 2. The summed E-state index contributed by atoms with van der Waals surface area (Å²) in [7, 11) is 0. The highest BCUT2D eigenvalue weighted by atomic mass is 32.1. The van der Waals surface area contributed by atoms with Crippen molar-refractivity contribution in [1.82, 2.24) is 15.5 Å². The molecule has 1 heterocycles. The van der Waals surface area contributed by atoms with Gasteiger partial charge in [0.05, 0.1) is 25.2 Å². The van der Waals surface area contributed by atoms with Gasteiger partial charge in [-0.05, 0) is 37.2 Å².